The quantitative estimate of drug-likeness (QED) is 0.711. The van der Waals surface area contributed by atoms with Crippen molar-refractivity contribution in [3.8, 4) is 0 Å². The third-order valence-corrected chi connectivity index (χ3v) is 7.74. The number of likely N-dealkylation sites (tertiary alicyclic amines) is 1. The molecule has 0 aromatic carbocycles. The van der Waals surface area contributed by atoms with Gasteiger partial charge in [-0.05, 0) is 61.8 Å². The minimum Gasteiger partial charge on any atom is -0.354 e. The van der Waals surface area contributed by atoms with Gasteiger partial charge in [-0.2, -0.15) is 24.9 Å². The van der Waals surface area contributed by atoms with Crippen LogP contribution < -0.4 is 4.90 Å². The molecule has 0 aliphatic carbocycles. The third kappa shape index (κ3) is 3.54. The molecule has 3 aliphatic heterocycles. The highest BCUT2D eigenvalue weighted by Crippen LogP contribution is 2.46. The molecule has 0 saturated carbocycles. The van der Waals surface area contributed by atoms with E-state index in [0.29, 0.717) is 30.6 Å². The Morgan fingerprint density at radius 1 is 1.08 bits per heavy atom. The smallest absolute Gasteiger partial charge is 0.354 e. The molecule has 3 aliphatic rings. The zero-order valence-electron chi connectivity index (χ0n) is 14.6. The van der Waals surface area contributed by atoms with Gasteiger partial charge in [-0.3, -0.25) is 0 Å². The Labute approximate surface area is 155 Å². The van der Waals surface area contributed by atoms with Crippen LogP contribution in [0.25, 0.3) is 0 Å². The summed E-state index contributed by atoms with van der Waals surface area (Å²) in [5, 5.41) is 0. The number of pyridine rings is 1. The molecule has 3 fully saturated rings. The summed E-state index contributed by atoms with van der Waals surface area (Å²) in [7, 11) is 0. The van der Waals surface area contributed by atoms with E-state index in [1.807, 2.05) is 11.8 Å². The Morgan fingerprint density at radius 2 is 1.73 bits per heavy atom. The van der Waals surface area contributed by atoms with Gasteiger partial charge in [-0.1, -0.05) is 0 Å². The van der Waals surface area contributed by atoms with Crippen molar-refractivity contribution >= 4 is 17.6 Å². The lowest BCUT2D eigenvalue weighted by Crippen LogP contribution is -2.52. The van der Waals surface area contributed by atoms with E-state index in [0.717, 1.165) is 32.1 Å². The summed E-state index contributed by atoms with van der Waals surface area (Å²) < 4.78 is 52.1. The molecule has 4 heterocycles. The summed E-state index contributed by atoms with van der Waals surface area (Å²) in [5.74, 6) is 1.76. The largest absolute Gasteiger partial charge is 0.417 e. The van der Waals surface area contributed by atoms with Crippen LogP contribution in [0.5, 0.6) is 0 Å². The molecule has 4 rings (SSSR count). The van der Waals surface area contributed by atoms with Crippen molar-refractivity contribution in [2.24, 2.45) is 5.41 Å². The number of nitrogens with zero attached hydrogens (tertiary/aromatic N) is 3. The average Bonchev–Trinajstić information content (AvgIpc) is 2.60. The number of anilines is 1. The highest BCUT2D eigenvalue weighted by Gasteiger charge is 2.42. The zero-order valence-corrected chi connectivity index (χ0v) is 15.4. The first-order chi connectivity index (χ1) is 12.4. The Balaban J connectivity index is 1.34. The van der Waals surface area contributed by atoms with Gasteiger partial charge in [-0.25, -0.2) is 9.37 Å². The molecule has 3 saturated heterocycles. The van der Waals surface area contributed by atoms with Crippen molar-refractivity contribution in [1.29, 1.82) is 0 Å². The summed E-state index contributed by atoms with van der Waals surface area (Å²) in [6.07, 6.45) is 0.521. The summed E-state index contributed by atoms with van der Waals surface area (Å²) in [5.41, 5.74) is -0.445. The monoisotopic (exact) mass is 389 g/mol. The second-order valence-corrected chi connectivity index (χ2v) is 8.76. The van der Waals surface area contributed by atoms with E-state index in [-0.39, 0.29) is 5.82 Å². The third-order valence-electron chi connectivity index (χ3n) is 6.10. The van der Waals surface area contributed by atoms with Crippen LogP contribution in [-0.2, 0) is 6.18 Å². The van der Waals surface area contributed by atoms with Gasteiger partial charge >= 0.3 is 6.18 Å². The molecular formula is C18H23F4N3S. The van der Waals surface area contributed by atoms with Crippen LogP contribution in [-0.4, -0.2) is 53.6 Å². The fourth-order valence-corrected chi connectivity index (χ4v) is 5.66. The predicted molar refractivity (Wildman–Crippen MR) is 95.0 cm³/mol. The molecule has 26 heavy (non-hydrogen) atoms. The highest BCUT2D eigenvalue weighted by molar-refractivity contribution is 8.00. The number of aromatic nitrogens is 1. The number of halogens is 4. The normalized spacial score (nSPS) is 24.7. The lowest BCUT2D eigenvalue weighted by Gasteiger charge is -2.50. The Morgan fingerprint density at radius 3 is 2.23 bits per heavy atom. The molecule has 144 valence electrons. The van der Waals surface area contributed by atoms with Crippen molar-refractivity contribution in [3.05, 3.63) is 23.6 Å². The molecule has 8 heteroatoms. The second-order valence-electron chi connectivity index (χ2n) is 7.77. The highest BCUT2D eigenvalue weighted by atomic mass is 32.2. The first-order valence-corrected chi connectivity index (χ1v) is 10.3. The van der Waals surface area contributed by atoms with Crippen LogP contribution in [0.1, 0.15) is 31.2 Å². The average molecular weight is 389 g/mol. The van der Waals surface area contributed by atoms with E-state index in [9.17, 15) is 17.6 Å². The molecule has 3 nitrogen and oxygen atoms in total. The Bertz CT molecular complexity index is 644. The van der Waals surface area contributed by atoms with E-state index in [1.165, 1.54) is 24.3 Å². The van der Waals surface area contributed by atoms with Crippen molar-refractivity contribution in [2.75, 3.05) is 42.6 Å². The lowest BCUT2D eigenvalue weighted by molar-refractivity contribution is -0.138. The van der Waals surface area contributed by atoms with Gasteiger partial charge in [0.05, 0.1) is 5.56 Å². The van der Waals surface area contributed by atoms with Crippen molar-refractivity contribution < 1.29 is 17.6 Å². The molecule has 0 N–H and O–H groups in total. The van der Waals surface area contributed by atoms with Gasteiger partial charge < -0.3 is 9.80 Å². The number of alkyl halides is 3. The fourth-order valence-electron chi connectivity index (χ4n) is 4.30. The molecule has 1 spiro atoms. The van der Waals surface area contributed by atoms with Gasteiger partial charge in [0.2, 0.25) is 0 Å². The number of rotatable bonds is 2. The van der Waals surface area contributed by atoms with Crippen molar-refractivity contribution in [1.82, 2.24) is 9.88 Å². The van der Waals surface area contributed by atoms with Gasteiger partial charge in [0.25, 0.3) is 0 Å². The van der Waals surface area contributed by atoms with E-state index in [4.69, 9.17) is 0 Å². The minimum atomic E-state index is -4.57. The molecule has 0 bridgehead atoms. The van der Waals surface area contributed by atoms with E-state index in [1.54, 1.807) is 4.90 Å². The van der Waals surface area contributed by atoms with Gasteiger partial charge in [0.1, 0.15) is 0 Å². The Hall–Kier alpha value is -1.02. The van der Waals surface area contributed by atoms with Crippen molar-refractivity contribution in [2.45, 2.75) is 37.9 Å². The van der Waals surface area contributed by atoms with Gasteiger partial charge in [0, 0.05) is 25.3 Å². The standard InChI is InChI=1S/C18H23F4N3S/c19-15-9-13(18(20,21)22)10-23-16(15)25-5-1-14(2-6-25)24-7-3-17(4-8-24)11-26-12-17/h9-10,14H,1-8,11-12H2. The molecule has 1 aromatic heterocycles. The van der Waals surface area contributed by atoms with Gasteiger partial charge in [0.15, 0.2) is 11.6 Å². The first-order valence-electron chi connectivity index (χ1n) is 9.16. The SMILES string of the molecule is Fc1cc(C(F)(F)F)cnc1N1CCC(N2CCC3(CC2)CSC3)CC1. The van der Waals surface area contributed by atoms with Crippen LogP contribution in [0.15, 0.2) is 12.3 Å². The van der Waals surface area contributed by atoms with Crippen LogP contribution in [0.4, 0.5) is 23.4 Å². The molecular weight excluding hydrogens is 366 g/mol. The maximum Gasteiger partial charge on any atom is 0.417 e. The molecule has 0 unspecified atom stereocenters. The van der Waals surface area contributed by atoms with Crippen molar-refractivity contribution in [3.63, 3.8) is 0 Å². The maximum atomic E-state index is 14.1. The summed E-state index contributed by atoms with van der Waals surface area (Å²) >= 11 is 2.04. The molecule has 1 aromatic rings. The molecule has 0 radical (unpaired) electrons. The summed E-state index contributed by atoms with van der Waals surface area (Å²) in [6.45, 7) is 3.55. The fraction of sp³-hybridized carbons (Fsp3) is 0.722. The zero-order chi connectivity index (χ0) is 18.4. The topological polar surface area (TPSA) is 19.4 Å². The number of hydrogen-bond acceptors (Lipinski definition) is 4. The van der Waals surface area contributed by atoms with Crippen LogP contribution in [0.2, 0.25) is 0 Å². The number of thioether (sulfide) groups is 1. The molecule has 0 atom stereocenters. The van der Waals surface area contributed by atoms with Gasteiger partial charge in [-0.15, -0.1) is 0 Å². The number of piperidine rings is 2. The lowest BCUT2D eigenvalue weighted by atomic mass is 9.80. The maximum absolute atomic E-state index is 14.1. The summed E-state index contributed by atoms with van der Waals surface area (Å²) in [6, 6.07) is 1.05. The van der Waals surface area contributed by atoms with E-state index >= 15 is 0 Å². The minimum absolute atomic E-state index is 0.0422. The second kappa shape index (κ2) is 6.86. The predicted octanol–water partition coefficient (Wildman–Crippen LogP) is 4.04. The van der Waals surface area contributed by atoms with Crippen LogP contribution in [0.3, 0.4) is 0 Å². The number of hydrogen-bond donors (Lipinski definition) is 0. The van der Waals surface area contributed by atoms with Crippen LogP contribution in [0, 0.1) is 11.2 Å². The Kier molecular flexibility index (Phi) is 4.84. The van der Waals surface area contributed by atoms with E-state index in [2.05, 4.69) is 9.88 Å². The van der Waals surface area contributed by atoms with Crippen LogP contribution >= 0.6 is 11.8 Å². The summed E-state index contributed by atoms with van der Waals surface area (Å²) in [4.78, 5) is 8.09. The molecule has 0 amide bonds. The van der Waals surface area contributed by atoms with E-state index < -0.39 is 17.6 Å². The first kappa shape index (κ1) is 18.3.